The van der Waals surface area contributed by atoms with Crippen molar-refractivity contribution >= 4 is 11.0 Å². The first-order valence-electron chi connectivity index (χ1n) is 9.49. The molecular formula is C21H20N6. The van der Waals surface area contributed by atoms with E-state index in [2.05, 4.69) is 37.1 Å². The van der Waals surface area contributed by atoms with Crippen LogP contribution in [0.1, 0.15) is 18.5 Å². The molecule has 4 aromatic heterocycles. The van der Waals surface area contributed by atoms with Crippen molar-refractivity contribution in [2.45, 2.75) is 24.8 Å². The molecule has 0 aromatic carbocycles. The first-order chi connectivity index (χ1) is 13.3. The fourth-order valence-electron chi connectivity index (χ4n) is 4.69. The van der Waals surface area contributed by atoms with Crippen molar-refractivity contribution in [3.63, 3.8) is 0 Å². The molecule has 0 saturated carbocycles. The van der Waals surface area contributed by atoms with Crippen molar-refractivity contribution in [2.24, 2.45) is 0 Å². The van der Waals surface area contributed by atoms with E-state index in [-0.39, 0.29) is 5.41 Å². The molecule has 2 aliphatic rings. The van der Waals surface area contributed by atoms with Crippen LogP contribution in [0.2, 0.25) is 0 Å². The Labute approximate surface area is 156 Å². The van der Waals surface area contributed by atoms with Crippen molar-refractivity contribution in [3.8, 4) is 22.4 Å². The van der Waals surface area contributed by atoms with E-state index in [9.17, 15) is 0 Å². The molecular weight excluding hydrogens is 336 g/mol. The summed E-state index contributed by atoms with van der Waals surface area (Å²) in [5.74, 6) is 0. The Balaban J connectivity index is 1.46. The van der Waals surface area contributed by atoms with Gasteiger partial charge in [-0.05, 0) is 49.2 Å². The SMILES string of the molecule is c1cc(-c2c[nH]c3ncc(-c4cc5n(n4)CCC54CCNC4)cc23)ccn1. The molecule has 2 N–H and O–H groups in total. The Bertz CT molecular complexity index is 1130. The van der Waals surface area contributed by atoms with Gasteiger partial charge in [-0.1, -0.05) is 0 Å². The summed E-state index contributed by atoms with van der Waals surface area (Å²) in [4.78, 5) is 12.0. The zero-order valence-electron chi connectivity index (χ0n) is 14.9. The van der Waals surface area contributed by atoms with Gasteiger partial charge in [-0.15, -0.1) is 0 Å². The normalized spacial score (nSPS) is 21.3. The third-order valence-corrected chi connectivity index (χ3v) is 6.19. The average Bonchev–Trinajstić information content (AvgIpc) is 3.48. The van der Waals surface area contributed by atoms with Crippen LogP contribution in [0.3, 0.4) is 0 Å². The number of aromatic nitrogens is 5. The van der Waals surface area contributed by atoms with Crippen molar-refractivity contribution in [3.05, 3.63) is 54.7 Å². The number of aryl methyl sites for hydroxylation is 1. The van der Waals surface area contributed by atoms with E-state index in [1.54, 1.807) is 0 Å². The van der Waals surface area contributed by atoms with E-state index in [0.717, 1.165) is 53.1 Å². The van der Waals surface area contributed by atoms with E-state index < -0.39 is 0 Å². The molecule has 1 fully saturated rings. The van der Waals surface area contributed by atoms with E-state index >= 15 is 0 Å². The topological polar surface area (TPSA) is 71.4 Å². The minimum atomic E-state index is 0.277. The summed E-state index contributed by atoms with van der Waals surface area (Å²) in [7, 11) is 0. The predicted molar refractivity (Wildman–Crippen MR) is 104 cm³/mol. The Morgan fingerprint density at radius 3 is 2.85 bits per heavy atom. The van der Waals surface area contributed by atoms with Crippen LogP contribution in [0.5, 0.6) is 0 Å². The third kappa shape index (κ3) is 2.20. The summed E-state index contributed by atoms with van der Waals surface area (Å²) < 4.78 is 2.20. The average molecular weight is 356 g/mol. The lowest BCUT2D eigenvalue weighted by Crippen LogP contribution is -2.25. The number of nitrogens with zero attached hydrogens (tertiary/aromatic N) is 4. The molecule has 134 valence electrons. The second-order valence-electron chi connectivity index (χ2n) is 7.65. The number of aromatic amines is 1. The van der Waals surface area contributed by atoms with Gasteiger partial charge in [0.15, 0.2) is 0 Å². The number of nitrogens with one attached hydrogen (secondary N) is 2. The summed E-state index contributed by atoms with van der Waals surface area (Å²) in [6, 6.07) is 8.53. The van der Waals surface area contributed by atoms with Gasteiger partial charge >= 0.3 is 0 Å². The highest BCUT2D eigenvalue weighted by Crippen LogP contribution is 2.41. The minimum Gasteiger partial charge on any atom is -0.346 e. The first-order valence-corrected chi connectivity index (χ1v) is 9.49. The van der Waals surface area contributed by atoms with Gasteiger partial charge in [0.25, 0.3) is 0 Å². The van der Waals surface area contributed by atoms with E-state index in [4.69, 9.17) is 5.10 Å². The molecule has 27 heavy (non-hydrogen) atoms. The van der Waals surface area contributed by atoms with Crippen molar-refractivity contribution in [2.75, 3.05) is 13.1 Å². The van der Waals surface area contributed by atoms with Gasteiger partial charge in [0.05, 0.1) is 5.69 Å². The highest BCUT2D eigenvalue weighted by Gasteiger charge is 2.42. The van der Waals surface area contributed by atoms with Crippen LogP contribution in [0.15, 0.2) is 49.1 Å². The lowest BCUT2D eigenvalue weighted by Gasteiger charge is -2.20. The van der Waals surface area contributed by atoms with Crippen LogP contribution >= 0.6 is 0 Å². The quantitative estimate of drug-likeness (QED) is 0.579. The second kappa shape index (κ2) is 5.50. The third-order valence-electron chi connectivity index (χ3n) is 6.19. The standard InChI is InChI=1S/C21H20N6/c1-5-22-6-2-14(1)17-12-25-20-16(17)9-15(11-24-20)18-10-19-21(3-7-23-13-21)4-8-27(19)26-18/h1-2,5-6,9-12,23H,3-4,7-8,13H2,(H,24,25). The molecule has 6 rings (SSSR count). The molecule has 1 unspecified atom stereocenters. The molecule has 0 radical (unpaired) electrons. The smallest absolute Gasteiger partial charge is 0.137 e. The lowest BCUT2D eigenvalue weighted by molar-refractivity contribution is 0.467. The highest BCUT2D eigenvalue weighted by molar-refractivity contribution is 5.95. The Hall–Kier alpha value is -2.99. The molecule has 0 bridgehead atoms. The Morgan fingerprint density at radius 2 is 2.00 bits per heavy atom. The van der Waals surface area contributed by atoms with E-state index in [1.807, 2.05) is 36.9 Å². The maximum Gasteiger partial charge on any atom is 0.137 e. The zero-order valence-corrected chi connectivity index (χ0v) is 14.9. The fourth-order valence-corrected chi connectivity index (χ4v) is 4.69. The van der Waals surface area contributed by atoms with Gasteiger partial charge in [0.1, 0.15) is 5.65 Å². The van der Waals surface area contributed by atoms with Crippen molar-refractivity contribution in [1.82, 2.24) is 30.0 Å². The molecule has 4 aromatic rings. The molecule has 1 spiro atoms. The van der Waals surface area contributed by atoms with Crippen molar-refractivity contribution in [1.29, 1.82) is 0 Å². The summed E-state index contributed by atoms with van der Waals surface area (Å²) in [6.07, 6.45) is 9.99. The van der Waals surface area contributed by atoms with Crippen LogP contribution in [0.25, 0.3) is 33.4 Å². The predicted octanol–water partition coefficient (Wildman–Crippen LogP) is 3.12. The molecule has 1 saturated heterocycles. The van der Waals surface area contributed by atoms with Gasteiger partial charge < -0.3 is 10.3 Å². The summed E-state index contributed by atoms with van der Waals surface area (Å²) >= 11 is 0. The van der Waals surface area contributed by atoms with Crippen LogP contribution in [0.4, 0.5) is 0 Å². The number of hydrogen-bond acceptors (Lipinski definition) is 4. The number of H-pyrrole nitrogens is 1. The Kier molecular flexibility index (Phi) is 3.08. The molecule has 0 amide bonds. The van der Waals surface area contributed by atoms with Crippen molar-refractivity contribution < 1.29 is 0 Å². The van der Waals surface area contributed by atoms with Crippen LogP contribution in [-0.4, -0.2) is 37.8 Å². The zero-order chi connectivity index (χ0) is 17.8. The van der Waals surface area contributed by atoms with Gasteiger partial charge in [0.2, 0.25) is 0 Å². The molecule has 6 nitrogen and oxygen atoms in total. The van der Waals surface area contributed by atoms with E-state index in [1.165, 1.54) is 18.5 Å². The molecule has 2 aliphatic heterocycles. The number of hydrogen-bond donors (Lipinski definition) is 2. The van der Waals surface area contributed by atoms with Gasteiger partial charge in [-0.3, -0.25) is 9.67 Å². The fraction of sp³-hybridized carbons (Fsp3) is 0.286. The summed E-state index contributed by atoms with van der Waals surface area (Å²) in [6.45, 7) is 3.19. The maximum absolute atomic E-state index is 4.90. The molecule has 6 heterocycles. The minimum absolute atomic E-state index is 0.277. The maximum atomic E-state index is 4.90. The van der Waals surface area contributed by atoms with Crippen LogP contribution < -0.4 is 5.32 Å². The molecule has 1 atom stereocenters. The number of rotatable bonds is 2. The monoisotopic (exact) mass is 356 g/mol. The second-order valence-corrected chi connectivity index (χ2v) is 7.65. The van der Waals surface area contributed by atoms with E-state index in [0.29, 0.717) is 0 Å². The highest BCUT2D eigenvalue weighted by atomic mass is 15.3. The summed E-state index contributed by atoms with van der Waals surface area (Å²) in [5, 5.41) is 9.55. The Morgan fingerprint density at radius 1 is 1.07 bits per heavy atom. The first kappa shape index (κ1) is 15.1. The summed E-state index contributed by atoms with van der Waals surface area (Å²) in [5.41, 5.74) is 6.93. The molecule has 0 aliphatic carbocycles. The van der Waals surface area contributed by atoms with Gasteiger partial charge in [-0.25, -0.2) is 4.98 Å². The lowest BCUT2D eigenvalue weighted by atomic mass is 9.82. The van der Waals surface area contributed by atoms with Crippen LogP contribution in [-0.2, 0) is 12.0 Å². The van der Waals surface area contributed by atoms with Gasteiger partial charge in [-0.2, -0.15) is 5.10 Å². The number of fused-ring (bicyclic) bond motifs is 3. The largest absolute Gasteiger partial charge is 0.346 e. The van der Waals surface area contributed by atoms with Gasteiger partial charge in [0, 0.05) is 65.5 Å². The molecule has 6 heteroatoms. The number of pyridine rings is 2. The van der Waals surface area contributed by atoms with Crippen LogP contribution in [0, 0.1) is 0 Å².